The Kier molecular flexibility index (Phi) is 5.00. The number of aryl methyl sites for hydroxylation is 5. The fraction of sp³-hybridized carbons (Fsp3) is 0.462. The molecule has 0 bridgehead atoms. The summed E-state index contributed by atoms with van der Waals surface area (Å²) in [6, 6.07) is 8.60. The molecule has 4 rings (SSSR count). The van der Waals surface area contributed by atoms with Crippen molar-refractivity contribution < 1.29 is 7.42 Å². The molecule has 3 heterocycles. The third kappa shape index (κ3) is 3.42. The van der Waals surface area contributed by atoms with Crippen molar-refractivity contribution >= 4 is 5.82 Å². The van der Waals surface area contributed by atoms with Crippen molar-refractivity contribution in [3.05, 3.63) is 64.0 Å². The summed E-state index contributed by atoms with van der Waals surface area (Å²) in [6.07, 6.45) is 4.75. The molecule has 0 unspecified atom stereocenters. The third-order valence-corrected chi connectivity index (χ3v) is 6.33. The van der Waals surface area contributed by atoms with Gasteiger partial charge >= 0.3 is 0 Å². The van der Waals surface area contributed by atoms with E-state index in [2.05, 4.69) is 67.5 Å². The molecule has 1 aliphatic rings. The maximum Gasteiger partial charge on any atom is 0.200 e. The number of fused-ring (bicyclic) bond motifs is 1. The van der Waals surface area contributed by atoms with Crippen LogP contribution >= 0.6 is 0 Å². The van der Waals surface area contributed by atoms with Gasteiger partial charge in [0, 0.05) is 30.7 Å². The predicted octanol–water partition coefficient (Wildman–Crippen LogP) is 4.70. The fourth-order valence-electron chi connectivity index (χ4n) is 4.77. The van der Waals surface area contributed by atoms with E-state index in [-0.39, 0.29) is 0 Å². The average Bonchev–Trinajstić information content (AvgIpc) is 3.05. The van der Waals surface area contributed by atoms with Crippen molar-refractivity contribution in [3.63, 3.8) is 0 Å². The van der Waals surface area contributed by atoms with Crippen LogP contribution in [0.5, 0.6) is 0 Å². The van der Waals surface area contributed by atoms with Gasteiger partial charge in [0.15, 0.2) is 12.4 Å². The summed E-state index contributed by atoms with van der Waals surface area (Å²) in [7, 11) is 2.01. The van der Waals surface area contributed by atoms with Gasteiger partial charge in [0.2, 0.25) is 6.20 Å². The first-order valence-electron chi connectivity index (χ1n) is 12.2. The van der Waals surface area contributed by atoms with Crippen molar-refractivity contribution in [1.82, 2.24) is 9.67 Å². The zero-order valence-electron chi connectivity index (χ0n) is 21.2. The molecule has 0 N–H and O–H groups in total. The summed E-state index contributed by atoms with van der Waals surface area (Å²) in [5, 5.41) is 0. The molecule has 0 saturated heterocycles. The smallest absolute Gasteiger partial charge is 0.200 e. The second kappa shape index (κ2) is 8.25. The molecule has 1 aromatic carbocycles. The molecule has 30 heavy (non-hydrogen) atoms. The maximum absolute atomic E-state index is 9.17. The van der Waals surface area contributed by atoms with Gasteiger partial charge < -0.3 is 4.90 Å². The molecule has 1 aliphatic heterocycles. The van der Waals surface area contributed by atoms with E-state index in [1.54, 1.807) is 0 Å². The summed E-state index contributed by atoms with van der Waals surface area (Å²) in [5.74, 6) is 0.940. The molecule has 4 heteroatoms. The van der Waals surface area contributed by atoms with E-state index >= 15 is 0 Å². The second-order valence-electron chi connectivity index (χ2n) is 8.23. The molecule has 0 radical (unpaired) electrons. The minimum absolute atomic E-state index is 0.606. The molecule has 2 aromatic heterocycles. The zero-order valence-corrected chi connectivity index (χ0v) is 19.2. The summed E-state index contributed by atoms with van der Waals surface area (Å²) >= 11 is 0. The number of rotatable bonds is 5. The first-order valence-corrected chi connectivity index (χ1v) is 11.2. The monoisotopic (exact) mass is 405 g/mol. The van der Waals surface area contributed by atoms with E-state index in [4.69, 9.17) is 7.73 Å². The highest BCUT2D eigenvalue weighted by atomic mass is 15.4. The van der Waals surface area contributed by atoms with Crippen LogP contribution in [0, 0.1) is 13.8 Å². The Hall–Kier alpha value is -2.62. The lowest BCUT2D eigenvalue weighted by atomic mass is 9.92. The standard InChI is InChI=1S/C26H35N4/c1-7-20-11-10-12-21(8-2)25(20)24-15-18(4)22-17-29(14-13-23(22)27-24)26-19(5)16-30(9-3)28(26)6/h10-12,15-16H,7-9,13-14,17H2,1-6H3/q+1/i17D2. The minimum Gasteiger partial charge on any atom is -0.349 e. The highest BCUT2D eigenvalue weighted by Gasteiger charge is 2.27. The molecule has 0 saturated carbocycles. The van der Waals surface area contributed by atoms with E-state index in [9.17, 15) is 0 Å². The molecular weight excluding hydrogens is 368 g/mol. The van der Waals surface area contributed by atoms with E-state index < -0.39 is 6.50 Å². The van der Waals surface area contributed by atoms with Gasteiger partial charge in [-0.3, -0.25) is 4.98 Å². The second-order valence-corrected chi connectivity index (χ2v) is 8.23. The molecular formula is C26H35N4+. The number of hydrogen-bond donors (Lipinski definition) is 0. The van der Waals surface area contributed by atoms with Crippen molar-refractivity contribution in [2.45, 2.75) is 66.9 Å². The largest absolute Gasteiger partial charge is 0.349 e. The Labute approximate surface area is 184 Å². The topological polar surface area (TPSA) is 24.9 Å². The number of benzene rings is 1. The fourth-order valence-corrected chi connectivity index (χ4v) is 4.77. The van der Waals surface area contributed by atoms with Crippen LogP contribution in [0.15, 0.2) is 30.5 Å². The van der Waals surface area contributed by atoms with Crippen LogP contribution < -0.4 is 9.58 Å². The van der Waals surface area contributed by atoms with E-state index in [1.165, 1.54) is 16.7 Å². The molecule has 0 spiro atoms. The quantitative estimate of drug-likeness (QED) is 0.575. The summed E-state index contributed by atoms with van der Waals surface area (Å²) < 4.78 is 22.5. The van der Waals surface area contributed by atoms with Crippen molar-refractivity contribution in [1.29, 1.82) is 0 Å². The van der Waals surface area contributed by atoms with Gasteiger partial charge in [0.1, 0.15) is 0 Å². The Morgan fingerprint density at radius 2 is 1.80 bits per heavy atom. The van der Waals surface area contributed by atoms with Gasteiger partial charge in [-0.25, -0.2) is 0 Å². The summed E-state index contributed by atoms with van der Waals surface area (Å²) in [4.78, 5) is 6.99. The molecule has 0 amide bonds. The first-order chi connectivity index (χ1) is 15.2. The van der Waals surface area contributed by atoms with Crippen LogP contribution in [0.4, 0.5) is 5.82 Å². The van der Waals surface area contributed by atoms with Crippen LogP contribution in [0.2, 0.25) is 0 Å². The van der Waals surface area contributed by atoms with Crippen molar-refractivity contribution in [2.75, 3.05) is 11.4 Å². The van der Waals surface area contributed by atoms with Gasteiger partial charge in [-0.2, -0.15) is 0 Å². The van der Waals surface area contributed by atoms with Gasteiger partial charge in [-0.15, -0.1) is 9.36 Å². The lowest BCUT2D eigenvalue weighted by Crippen LogP contribution is -2.42. The molecule has 0 aliphatic carbocycles. The van der Waals surface area contributed by atoms with E-state index in [1.807, 2.05) is 18.9 Å². The Bertz CT molecular complexity index is 1140. The van der Waals surface area contributed by atoms with Crippen LogP contribution in [-0.4, -0.2) is 16.2 Å². The summed E-state index contributed by atoms with van der Waals surface area (Å²) in [6.45, 7) is 10.4. The van der Waals surface area contributed by atoms with Gasteiger partial charge in [0.25, 0.3) is 0 Å². The highest BCUT2D eigenvalue weighted by molar-refractivity contribution is 5.69. The average molecular weight is 406 g/mol. The SMILES string of the molecule is [2H]C1([2H])c2c(C)cc(-c3c(CC)cccc3CC)nc2CCN1c1c(C)c[n+](CC)n1C. The Morgan fingerprint density at radius 1 is 1.10 bits per heavy atom. The third-order valence-electron chi connectivity index (χ3n) is 6.33. The zero-order chi connectivity index (χ0) is 23.2. The Morgan fingerprint density at radius 3 is 2.40 bits per heavy atom. The van der Waals surface area contributed by atoms with Crippen molar-refractivity contribution in [3.8, 4) is 11.3 Å². The number of nitrogens with zero attached hydrogens (tertiary/aromatic N) is 4. The number of aromatic nitrogens is 3. The Balaban J connectivity index is 1.85. The summed E-state index contributed by atoms with van der Waals surface area (Å²) in [5.41, 5.74) is 8.51. The van der Waals surface area contributed by atoms with Gasteiger partial charge in [-0.1, -0.05) is 32.0 Å². The predicted molar refractivity (Wildman–Crippen MR) is 124 cm³/mol. The molecule has 158 valence electrons. The first kappa shape index (κ1) is 18.2. The minimum atomic E-state index is -1.62. The molecule has 0 fully saturated rings. The maximum atomic E-state index is 9.17. The number of anilines is 1. The van der Waals surface area contributed by atoms with Crippen LogP contribution in [0.25, 0.3) is 11.3 Å². The normalized spacial score (nSPS) is 16.3. The van der Waals surface area contributed by atoms with Gasteiger partial charge in [-0.05, 0) is 61.9 Å². The van der Waals surface area contributed by atoms with Crippen LogP contribution in [-0.2, 0) is 39.4 Å². The van der Waals surface area contributed by atoms with Crippen LogP contribution in [0.1, 0.15) is 57.0 Å². The molecule has 4 nitrogen and oxygen atoms in total. The van der Waals surface area contributed by atoms with E-state index in [0.717, 1.165) is 59.7 Å². The van der Waals surface area contributed by atoms with Crippen molar-refractivity contribution in [2.24, 2.45) is 7.05 Å². The lowest BCUT2D eigenvalue weighted by Gasteiger charge is -2.31. The highest BCUT2D eigenvalue weighted by Crippen LogP contribution is 2.33. The number of pyridine rings is 1. The number of hydrogen-bond acceptors (Lipinski definition) is 2. The lowest BCUT2D eigenvalue weighted by molar-refractivity contribution is -0.769. The van der Waals surface area contributed by atoms with E-state index in [0.29, 0.717) is 6.54 Å². The van der Waals surface area contributed by atoms with Gasteiger partial charge in [0.05, 0.1) is 21.0 Å². The molecule has 0 atom stereocenters. The van der Waals surface area contributed by atoms with Crippen LogP contribution in [0.3, 0.4) is 0 Å². The molecule has 3 aromatic rings.